The molecule has 4 aromatic heterocycles. The van der Waals surface area contributed by atoms with Gasteiger partial charge in [-0.05, 0) is 26.0 Å². The van der Waals surface area contributed by atoms with Gasteiger partial charge in [0.25, 0.3) is 0 Å². The predicted octanol–water partition coefficient (Wildman–Crippen LogP) is 2.55. The SMILES string of the molecule is C[C@@H]1CN(c2cccc(CNc3ncnc4[nH]cc(-c5cnn(C)c5)c34)n2)C[C@H](C)N1. The van der Waals surface area contributed by atoms with E-state index >= 15 is 0 Å². The summed E-state index contributed by atoms with van der Waals surface area (Å²) in [6.45, 7) is 6.92. The maximum Gasteiger partial charge on any atom is 0.143 e. The van der Waals surface area contributed by atoms with Crippen LogP contribution >= 0.6 is 0 Å². The highest BCUT2D eigenvalue weighted by molar-refractivity contribution is 6.00. The van der Waals surface area contributed by atoms with Gasteiger partial charge in [0.05, 0.1) is 23.8 Å². The van der Waals surface area contributed by atoms with Gasteiger partial charge >= 0.3 is 0 Å². The Labute approximate surface area is 180 Å². The Bertz CT molecular complexity index is 1180. The van der Waals surface area contributed by atoms with E-state index in [0.29, 0.717) is 18.6 Å². The van der Waals surface area contributed by atoms with Crippen LogP contribution in [0.2, 0.25) is 0 Å². The molecule has 5 rings (SSSR count). The highest BCUT2D eigenvalue weighted by Gasteiger charge is 2.22. The second-order valence-electron chi connectivity index (χ2n) is 8.27. The smallest absolute Gasteiger partial charge is 0.143 e. The zero-order valence-corrected chi connectivity index (χ0v) is 18.0. The van der Waals surface area contributed by atoms with Crippen LogP contribution in [-0.4, -0.2) is 54.9 Å². The maximum absolute atomic E-state index is 4.90. The van der Waals surface area contributed by atoms with E-state index in [4.69, 9.17) is 4.98 Å². The zero-order chi connectivity index (χ0) is 21.4. The van der Waals surface area contributed by atoms with Crippen LogP contribution in [0.1, 0.15) is 19.5 Å². The van der Waals surface area contributed by atoms with Crippen molar-refractivity contribution in [2.45, 2.75) is 32.5 Å². The summed E-state index contributed by atoms with van der Waals surface area (Å²) >= 11 is 0. The van der Waals surface area contributed by atoms with Crippen LogP contribution in [0.3, 0.4) is 0 Å². The third-order valence-electron chi connectivity index (χ3n) is 5.60. The fourth-order valence-corrected chi connectivity index (χ4v) is 4.31. The zero-order valence-electron chi connectivity index (χ0n) is 18.0. The van der Waals surface area contributed by atoms with Crippen molar-refractivity contribution in [1.29, 1.82) is 0 Å². The van der Waals surface area contributed by atoms with Gasteiger partial charge in [-0.25, -0.2) is 15.0 Å². The first-order valence-corrected chi connectivity index (χ1v) is 10.6. The van der Waals surface area contributed by atoms with Crippen LogP contribution in [0.25, 0.3) is 22.2 Å². The number of aromatic nitrogens is 6. The van der Waals surface area contributed by atoms with Crippen molar-refractivity contribution in [3.63, 3.8) is 0 Å². The summed E-state index contributed by atoms with van der Waals surface area (Å²) in [5.74, 6) is 1.80. The second kappa shape index (κ2) is 7.99. The number of piperazine rings is 1. The van der Waals surface area contributed by atoms with Gasteiger partial charge in [0, 0.05) is 55.7 Å². The lowest BCUT2D eigenvalue weighted by atomic mass is 10.1. The number of fused-ring (bicyclic) bond motifs is 1. The molecule has 9 nitrogen and oxygen atoms in total. The average molecular weight is 418 g/mol. The van der Waals surface area contributed by atoms with E-state index < -0.39 is 0 Å². The molecule has 0 saturated carbocycles. The van der Waals surface area contributed by atoms with Crippen molar-refractivity contribution in [1.82, 2.24) is 35.0 Å². The number of pyridine rings is 1. The monoisotopic (exact) mass is 417 g/mol. The molecule has 0 aliphatic carbocycles. The molecular formula is C22H27N9. The Morgan fingerprint density at radius 1 is 1.16 bits per heavy atom. The number of hydrogen-bond donors (Lipinski definition) is 3. The quantitative estimate of drug-likeness (QED) is 0.459. The number of hydrogen-bond acceptors (Lipinski definition) is 7. The number of nitrogens with one attached hydrogen (secondary N) is 3. The molecule has 5 heterocycles. The number of rotatable bonds is 5. The van der Waals surface area contributed by atoms with Gasteiger partial charge in [0.15, 0.2) is 0 Å². The summed E-state index contributed by atoms with van der Waals surface area (Å²) in [5, 5.41) is 12.3. The first kappa shape index (κ1) is 19.5. The normalized spacial score (nSPS) is 19.1. The van der Waals surface area contributed by atoms with Crippen molar-refractivity contribution in [2.24, 2.45) is 7.05 Å². The van der Waals surface area contributed by atoms with E-state index in [2.05, 4.69) is 61.6 Å². The second-order valence-corrected chi connectivity index (χ2v) is 8.27. The molecule has 1 saturated heterocycles. The molecule has 1 fully saturated rings. The van der Waals surface area contributed by atoms with E-state index in [0.717, 1.165) is 52.6 Å². The maximum atomic E-state index is 4.90. The molecule has 3 N–H and O–H groups in total. The summed E-state index contributed by atoms with van der Waals surface area (Å²) in [6, 6.07) is 7.10. The topological polar surface area (TPSA) is 99.6 Å². The minimum atomic E-state index is 0.445. The van der Waals surface area contributed by atoms with Crippen molar-refractivity contribution in [3.8, 4) is 11.1 Å². The minimum absolute atomic E-state index is 0.445. The molecule has 0 bridgehead atoms. The molecule has 9 heteroatoms. The molecule has 0 aromatic carbocycles. The van der Waals surface area contributed by atoms with Gasteiger partial charge < -0.3 is 20.5 Å². The van der Waals surface area contributed by atoms with Crippen LogP contribution in [0, 0.1) is 0 Å². The Morgan fingerprint density at radius 2 is 2.00 bits per heavy atom. The fourth-order valence-electron chi connectivity index (χ4n) is 4.31. The third-order valence-corrected chi connectivity index (χ3v) is 5.60. The summed E-state index contributed by atoms with van der Waals surface area (Å²) in [7, 11) is 1.91. The minimum Gasteiger partial charge on any atom is -0.364 e. The lowest BCUT2D eigenvalue weighted by molar-refractivity contribution is 0.405. The molecule has 4 aromatic rings. The van der Waals surface area contributed by atoms with Crippen molar-refractivity contribution >= 4 is 22.7 Å². The highest BCUT2D eigenvalue weighted by atomic mass is 15.3. The Kier molecular flexibility index (Phi) is 5.03. The van der Waals surface area contributed by atoms with Gasteiger partial charge in [0.1, 0.15) is 23.6 Å². The van der Waals surface area contributed by atoms with Gasteiger partial charge in [-0.2, -0.15) is 5.10 Å². The largest absolute Gasteiger partial charge is 0.364 e. The number of H-pyrrole nitrogens is 1. The Hall–Kier alpha value is -3.46. The number of nitrogens with zero attached hydrogens (tertiary/aromatic N) is 6. The summed E-state index contributed by atoms with van der Waals surface area (Å²) in [5.41, 5.74) is 3.81. The van der Waals surface area contributed by atoms with E-state index in [9.17, 15) is 0 Å². The standard InChI is InChI=1S/C22H27N9/c1-14-10-31(11-15(2)28-14)19-6-4-5-17(29-19)8-23-21-20-18(16-7-27-30(3)12-16)9-24-22(20)26-13-25-21/h4-7,9,12-15,28H,8,10-11H2,1-3H3,(H2,23,24,25,26)/t14-,15+. The molecule has 0 unspecified atom stereocenters. The van der Waals surface area contributed by atoms with Gasteiger partial charge in [-0.3, -0.25) is 4.68 Å². The molecule has 0 spiro atoms. The van der Waals surface area contributed by atoms with Gasteiger partial charge in [0.2, 0.25) is 0 Å². The number of aromatic amines is 1. The molecule has 160 valence electrons. The summed E-state index contributed by atoms with van der Waals surface area (Å²) < 4.78 is 1.79. The van der Waals surface area contributed by atoms with Crippen LogP contribution in [0.15, 0.2) is 43.1 Å². The molecule has 31 heavy (non-hydrogen) atoms. The third kappa shape index (κ3) is 3.96. The van der Waals surface area contributed by atoms with Crippen LogP contribution in [-0.2, 0) is 13.6 Å². The van der Waals surface area contributed by atoms with Gasteiger partial charge in [-0.1, -0.05) is 6.07 Å². The summed E-state index contributed by atoms with van der Waals surface area (Å²) in [6.07, 6.45) is 7.36. The van der Waals surface area contributed by atoms with E-state index in [1.807, 2.05) is 31.7 Å². The lowest BCUT2D eigenvalue weighted by Crippen LogP contribution is -2.54. The molecular weight excluding hydrogens is 390 g/mol. The van der Waals surface area contributed by atoms with E-state index in [-0.39, 0.29) is 0 Å². The molecule has 0 radical (unpaired) electrons. The number of aryl methyl sites for hydroxylation is 1. The van der Waals surface area contributed by atoms with E-state index in [1.165, 1.54) is 0 Å². The van der Waals surface area contributed by atoms with Crippen LogP contribution in [0.4, 0.5) is 11.6 Å². The van der Waals surface area contributed by atoms with E-state index in [1.54, 1.807) is 11.0 Å². The van der Waals surface area contributed by atoms with Crippen LogP contribution in [0.5, 0.6) is 0 Å². The molecule has 0 amide bonds. The highest BCUT2D eigenvalue weighted by Crippen LogP contribution is 2.31. The fraction of sp³-hybridized carbons (Fsp3) is 0.364. The predicted molar refractivity (Wildman–Crippen MR) is 122 cm³/mol. The summed E-state index contributed by atoms with van der Waals surface area (Å²) in [4.78, 5) is 19.4. The first-order chi connectivity index (χ1) is 15.1. The Morgan fingerprint density at radius 3 is 2.77 bits per heavy atom. The van der Waals surface area contributed by atoms with Gasteiger partial charge in [-0.15, -0.1) is 0 Å². The lowest BCUT2D eigenvalue weighted by Gasteiger charge is -2.37. The van der Waals surface area contributed by atoms with Crippen molar-refractivity contribution in [2.75, 3.05) is 23.3 Å². The molecule has 2 atom stereocenters. The molecule has 1 aliphatic rings. The van der Waals surface area contributed by atoms with Crippen molar-refractivity contribution < 1.29 is 0 Å². The first-order valence-electron chi connectivity index (χ1n) is 10.6. The molecule has 1 aliphatic heterocycles. The van der Waals surface area contributed by atoms with Crippen molar-refractivity contribution in [3.05, 3.63) is 48.8 Å². The average Bonchev–Trinajstić information content (AvgIpc) is 3.38. The Balaban J connectivity index is 1.39. The number of anilines is 2. The van der Waals surface area contributed by atoms with Crippen LogP contribution < -0.4 is 15.5 Å².